The molecule has 0 aliphatic carbocycles. The zero-order chi connectivity index (χ0) is 20.6. The number of carbonyl (C=O) groups excluding carboxylic acids is 2. The number of aliphatic hydroxyl groups excluding tert-OH is 1. The van der Waals surface area contributed by atoms with Gasteiger partial charge in [0.1, 0.15) is 12.2 Å². The lowest BCUT2D eigenvalue weighted by atomic mass is 9.88. The van der Waals surface area contributed by atoms with Crippen molar-refractivity contribution in [3.63, 3.8) is 0 Å². The van der Waals surface area contributed by atoms with Crippen LogP contribution in [0.5, 0.6) is 0 Å². The summed E-state index contributed by atoms with van der Waals surface area (Å²) in [6.45, 7) is 6.87. The number of hydrogen-bond donors (Lipinski definition) is 2. The van der Waals surface area contributed by atoms with Crippen LogP contribution in [0.2, 0.25) is 0 Å². The third-order valence-corrected chi connectivity index (χ3v) is 4.72. The summed E-state index contributed by atoms with van der Waals surface area (Å²) in [5.41, 5.74) is 0.402. The molecular formula is C21H32N2O5. The standard InChI is InChI=1S/C21H32N2O5/c1-21(2,3)28-20(26)23-12-9-17(10-13-23)18(11-14-24)22-19(25)27-15-16-7-5-4-6-8-16/h4-8,17-18,24H,9-15H2,1-3H3,(H,22,25). The fraction of sp³-hybridized carbons (Fsp3) is 0.619. The quantitative estimate of drug-likeness (QED) is 0.775. The van der Waals surface area contributed by atoms with Crippen molar-refractivity contribution >= 4 is 12.2 Å². The maximum atomic E-state index is 12.2. The first kappa shape index (κ1) is 22.0. The van der Waals surface area contributed by atoms with Crippen molar-refractivity contribution in [2.24, 2.45) is 5.92 Å². The Hall–Kier alpha value is -2.28. The highest BCUT2D eigenvalue weighted by atomic mass is 16.6. The minimum Gasteiger partial charge on any atom is -0.445 e. The van der Waals surface area contributed by atoms with Gasteiger partial charge < -0.3 is 24.8 Å². The molecule has 1 heterocycles. The van der Waals surface area contributed by atoms with E-state index in [4.69, 9.17) is 9.47 Å². The molecule has 2 N–H and O–H groups in total. The molecule has 1 unspecified atom stereocenters. The summed E-state index contributed by atoms with van der Waals surface area (Å²) in [7, 11) is 0. The van der Waals surface area contributed by atoms with Crippen molar-refractivity contribution in [3.8, 4) is 0 Å². The lowest BCUT2D eigenvalue weighted by Gasteiger charge is -2.36. The molecule has 7 heteroatoms. The Morgan fingerprint density at radius 1 is 1.21 bits per heavy atom. The highest BCUT2D eigenvalue weighted by Gasteiger charge is 2.31. The molecular weight excluding hydrogens is 360 g/mol. The SMILES string of the molecule is CC(C)(C)OC(=O)N1CCC(C(CCO)NC(=O)OCc2ccccc2)CC1. The van der Waals surface area contributed by atoms with Gasteiger partial charge >= 0.3 is 12.2 Å². The minimum absolute atomic E-state index is 0.0179. The van der Waals surface area contributed by atoms with Crippen molar-refractivity contribution < 1.29 is 24.2 Å². The molecule has 2 amide bonds. The monoisotopic (exact) mass is 392 g/mol. The number of aliphatic hydroxyl groups is 1. The van der Waals surface area contributed by atoms with Gasteiger partial charge in [-0.1, -0.05) is 30.3 Å². The molecule has 7 nitrogen and oxygen atoms in total. The maximum Gasteiger partial charge on any atom is 0.410 e. The predicted molar refractivity (Wildman–Crippen MR) is 106 cm³/mol. The second-order valence-corrected chi connectivity index (χ2v) is 8.13. The zero-order valence-electron chi connectivity index (χ0n) is 17.0. The summed E-state index contributed by atoms with van der Waals surface area (Å²) in [5.74, 6) is 0.176. The Bertz CT molecular complexity index is 621. The number of nitrogens with zero attached hydrogens (tertiary/aromatic N) is 1. The van der Waals surface area contributed by atoms with Crippen LogP contribution < -0.4 is 5.32 Å². The molecule has 1 aliphatic heterocycles. The lowest BCUT2D eigenvalue weighted by Crippen LogP contribution is -2.48. The molecule has 0 spiro atoms. The van der Waals surface area contributed by atoms with Gasteiger partial charge in [0, 0.05) is 25.7 Å². The molecule has 1 aromatic carbocycles. The number of benzene rings is 1. The van der Waals surface area contributed by atoms with Crippen LogP contribution in [-0.2, 0) is 16.1 Å². The summed E-state index contributed by atoms with van der Waals surface area (Å²) in [4.78, 5) is 26.1. The van der Waals surface area contributed by atoms with E-state index in [2.05, 4.69) is 5.32 Å². The molecule has 28 heavy (non-hydrogen) atoms. The average molecular weight is 392 g/mol. The topological polar surface area (TPSA) is 88.1 Å². The van der Waals surface area contributed by atoms with Gasteiger partial charge in [-0.15, -0.1) is 0 Å². The maximum absolute atomic E-state index is 12.2. The predicted octanol–water partition coefficient (Wildman–Crippen LogP) is 3.31. The van der Waals surface area contributed by atoms with Gasteiger partial charge in [-0.3, -0.25) is 0 Å². The molecule has 0 radical (unpaired) electrons. The normalized spacial score (nSPS) is 16.4. The molecule has 1 aliphatic rings. The highest BCUT2D eigenvalue weighted by Crippen LogP contribution is 2.24. The van der Waals surface area contributed by atoms with Crippen LogP contribution in [0.4, 0.5) is 9.59 Å². The largest absolute Gasteiger partial charge is 0.445 e. The molecule has 0 bridgehead atoms. The van der Waals surface area contributed by atoms with E-state index < -0.39 is 11.7 Å². The molecule has 1 saturated heterocycles. The number of likely N-dealkylation sites (tertiary alicyclic amines) is 1. The van der Waals surface area contributed by atoms with E-state index in [0.29, 0.717) is 19.5 Å². The number of amides is 2. The van der Waals surface area contributed by atoms with E-state index in [-0.39, 0.29) is 31.3 Å². The van der Waals surface area contributed by atoms with Crippen molar-refractivity contribution in [3.05, 3.63) is 35.9 Å². The van der Waals surface area contributed by atoms with E-state index >= 15 is 0 Å². The molecule has 0 aromatic heterocycles. The number of ether oxygens (including phenoxy) is 2. The molecule has 2 rings (SSSR count). The number of hydrogen-bond acceptors (Lipinski definition) is 5. The fourth-order valence-electron chi connectivity index (χ4n) is 3.29. The summed E-state index contributed by atoms with van der Waals surface area (Å²) in [5, 5.41) is 12.3. The molecule has 1 atom stereocenters. The Labute approximate surface area is 167 Å². The summed E-state index contributed by atoms with van der Waals surface area (Å²) < 4.78 is 10.7. The summed E-state index contributed by atoms with van der Waals surface area (Å²) in [6, 6.07) is 9.29. The van der Waals surface area contributed by atoms with Gasteiger partial charge in [-0.25, -0.2) is 9.59 Å². The molecule has 0 saturated carbocycles. The van der Waals surface area contributed by atoms with Gasteiger partial charge in [0.15, 0.2) is 0 Å². The Balaban J connectivity index is 1.81. The fourth-order valence-corrected chi connectivity index (χ4v) is 3.29. The van der Waals surface area contributed by atoms with Crippen LogP contribution in [0.15, 0.2) is 30.3 Å². The number of alkyl carbamates (subject to hydrolysis) is 1. The van der Waals surface area contributed by atoms with Gasteiger partial charge in [-0.2, -0.15) is 0 Å². The van der Waals surface area contributed by atoms with Crippen LogP contribution in [-0.4, -0.2) is 53.5 Å². The molecule has 1 fully saturated rings. The second kappa shape index (κ2) is 10.3. The Morgan fingerprint density at radius 3 is 2.43 bits per heavy atom. The highest BCUT2D eigenvalue weighted by molar-refractivity contribution is 5.68. The van der Waals surface area contributed by atoms with Crippen LogP contribution in [0.25, 0.3) is 0 Å². The van der Waals surface area contributed by atoms with E-state index in [9.17, 15) is 14.7 Å². The van der Waals surface area contributed by atoms with Crippen molar-refractivity contribution in [1.29, 1.82) is 0 Å². The number of carbonyl (C=O) groups is 2. The number of piperidine rings is 1. The van der Waals surface area contributed by atoms with Crippen LogP contribution in [0.3, 0.4) is 0 Å². The first-order valence-corrected chi connectivity index (χ1v) is 9.84. The van der Waals surface area contributed by atoms with Crippen molar-refractivity contribution in [2.75, 3.05) is 19.7 Å². The van der Waals surface area contributed by atoms with E-state index in [1.54, 1.807) is 4.90 Å². The number of nitrogens with one attached hydrogen (secondary N) is 1. The minimum atomic E-state index is -0.516. The van der Waals surface area contributed by atoms with Gasteiger partial charge in [0.05, 0.1) is 0 Å². The van der Waals surface area contributed by atoms with Crippen LogP contribution in [0.1, 0.15) is 45.6 Å². The zero-order valence-corrected chi connectivity index (χ0v) is 17.0. The van der Waals surface area contributed by atoms with Crippen molar-refractivity contribution in [1.82, 2.24) is 10.2 Å². The van der Waals surface area contributed by atoms with Crippen LogP contribution >= 0.6 is 0 Å². The smallest absolute Gasteiger partial charge is 0.410 e. The first-order chi connectivity index (χ1) is 13.3. The van der Waals surface area contributed by atoms with Gasteiger partial charge in [0.2, 0.25) is 0 Å². The lowest BCUT2D eigenvalue weighted by molar-refractivity contribution is 0.0162. The first-order valence-electron chi connectivity index (χ1n) is 9.84. The third kappa shape index (κ3) is 7.38. The van der Waals surface area contributed by atoms with Crippen LogP contribution in [0, 0.1) is 5.92 Å². The van der Waals surface area contributed by atoms with E-state index in [1.165, 1.54) is 0 Å². The Kier molecular flexibility index (Phi) is 8.11. The van der Waals surface area contributed by atoms with E-state index in [1.807, 2.05) is 51.1 Å². The number of rotatable bonds is 6. The van der Waals surface area contributed by atoms with Crippen molar-refractivity contribution in [2.45, 2.75) is 58.3 Å². The third-order valence-electron chi connectivity index (χ3n) is 4.72. The molecule has 1 aromatic rings. The van der Waals surface area contributed by atoms with Gasteiger partial charge in [0.25, 0.3) is 0 Å². The van der Waals surface area contributed by atoms with Gasteiger partial charge in [-0.05, 0) is 51.5 Å². The van der Waals surface area contributed by atoms with E-state index in [0.717, 1.165) is 18.4 Å². The second-order valence-electron chi connectivity index (χ2n) is 8.13. The average Bonchev–Trinajstić information content (AvgIpc) is 2.66. The molecule has 156 valence electrons. The Morgan fingerprint density at radius 2 is 1.86 bits per heavy atom. The summed E-state index contributed by atoms with van der Waals surface area (Å²) in [6.07, 6.45) is 1.14. The summed E-state index contributed by atoms with van der Waals surface area (Å²) >= 11 is 0.